The van der Waals surface area contributed by atoms with E-state index in [2.05, 4.69) is 6.92 Å². The van der Waals surface area contributed by atoms with Gasteiger partial charge in [0.15, 0.2) is 0 Å². The van der Waals surface area contributed by atoms with E-state index in [1.807, 2.05) is 30.3 Å². The van der Waals surface area contributed by atoms with Crippen LogP contribution in [-0.2, 0) is 0 Å². The Bertz CT molecular complexity index is 560. The molecule has 0 heterocycles. The second kappa shape index (κ2) is 8.47. The Labute approximate surface area is 133 Å². The molecule has 0 fully saturated rings. The van der Waals surface area contributed by atoms with Gasteiger partial charge in [0.2, 0.25) is 0 Å². The summed E-state index contributed by atoms with van der Waals surface area (Å²) in [6, 6.07) is 14.9. The lowest BCUT2D eigenvalue weighted by Crippen LogP contribution is -2.02. The fraction of sp³-hybridized carbons (Fsp3) is 0.400. The summed E-state index contributed by atoms with van der Waals surface area (Å²) in [5.41, 5.74) is 2.12. The van der Waals surface area contributed by atoms with Crippen molar-refractivity contribution in [3.63, 3.8) is 0 Å². The quantitative estimate of drug-likeness (QED) is 0.624. The van der Waals surface area contributed by atoms with Crippen LogP contribution in [0.5, 0.6) is 11.5 Å². The third kappa shape index (κ3) is 4.52. The molecule has 1 atom stereocenters. The van der Waals surface area contributed by atoms with E-state index in [9.17, 15) is 10.2 Å². The monoisotopic (exact) mass is 298 g/mol. The molecule has 0 aromatic heterocycles. The lowest BCUT2D eigenvalue weighted by Gasteiger charge is -2.19. The molecule has 2 rings (SSSR count). The van der Waals surface area contributed by atoms with Gasteiger partial charge >= 0.3 is 0 Å². The van der Waals surface area contributed by atoms with E-state index in [1.165, 1.54) is 25.7 Å². The topological polar surface area (TPSA) is 40.5 Å². The summed E-state index contributed by atoms with van der Waals surface area (Å²) in [7, 11) is 0. The predicted octanol–water partition coefficient (Wildman–Crippen LogP) is 5.59. The molecule has 0 saturated carbocycles. The lowest BCUT2D eigenvalue weighted by atomic mass is 9.86. The SMILES string of the molecule is CCCCCCCC(c1ccc(O)cc1)c1ccccc1O. The number of phenols is 2. The normalized spacial score (nSPS) is 12.2. The van der Waals surface area contributed by atoms with Crippen molar-refractivity contribution in [2.45, 2.75) is 51.4 Å². The zero-order valence-corrected chi connectivity index (χ0v) is 13.3. The van der Waals surface area contributed by atoms with Crippen molar-refractivity contribution in [3.05, 3.63) is 59.7 Å². The number of hydrogen-bond donors (Lipinski definition) is 2. The molecule has 2 aromatic rings. The van der Waals surface area contributed by atoms with Crippen LogP contribution in [0.2, 0.25) is 0 Å². The van der Waals surface area contributed by atoms with E-state index in [1.54, 1.807) is 18.2 Å². The van der Waals surface area contributed by atoms with Crippen molar-refractivity contribution >= 4 is 0 Å². The Morgan fingerprint density at radius 1 is 0.818 bits per heavy atom. The molecule has 0 saturated heterocycles. The Morgan fingerprint density at radius 2 is 1.50 bits per heavy atom. The maximum atomic E-state index is 10.2. The molecule has 2 N–H and O–H groups in total. The lowest BCUT2D eigenvalue weighted by molar-refractivity contribution is 0.460. The molecule has 1 unspecified atom stereocenters. The van der Waals surface area contributed by atoms with Gasteiger partial charge in [-0.15, -0.1) is 0 Å². The van der Waals surface area contributed by atoms with Gasteiger partial charge in [-0.05, 0) is 30.2 Å². The minimum absolute atomic E-state index is 0.184. The second-order valence-electron chi connectivity index (χ2n) is 5.91. The smallest absolute Gasteiger partial charge is 0.119 e. The van der Waals surface area contributed by atoms with Gasteiger partial charge in [-0.25, -0.2) is 0 Å². The predicted molar refractivity (Wildman–Crippen MR) is 91.4 cm³/mol. The van der Waals surface area contributed by atoms with E-state index in [4.69, 9.17) is 0 Å². The van der Waals surface area contributed by atoms with Gasteiger partial charge in [0.05, 0.1) is 0 Å². The average Bonchev–Trinajstić information content (AvgIpc) is 2.53. The molecule has 0 aliphatic heterocycles. The van der Waals surface area contributed by atoms with Gasteiger partial charge in [-0.1, -0.05) is 69.4 Å². The molecule has 0 spiro atoms. The van der Waals surface area contributed by atoms with Crippen LogP contribution in [0.3, 0.4) is 0 Å². The van der Waals surface area contributed by atoms with Crippen molar-refractivity contribution in [2.75, 3.05) is 0 Å². The average molecular weight is 298 g/mol. The third-order valence-corrected chi connectivity index (χ3v) is 4.20. The molecule has 0 radical (unpaired) electrons. The number of unbranched alkanes of at least 4 members (excludes halogenated alkanes) is 4. The second-order valence-corrected chi connectivity index (χ2v) is 5.91. The van der Waals surface area contributed by atoms with Crippen molar-refractivity contribution in [1.29, 1.82) is 0 Å². The van der Waals surface area contributed by atoms with Gasteiger partial charge in [-0.2, -0.15) is 0 Å². The Morgan fingerprint density at radius 3 is 2.18 bits per heavy atom. The first kappa shape index (κ1) is 16.4. The molecular weight excluding hydrogens is 272 g/mol. The molecule has 0 amide bonds. The number of benzene rings is 2. The molecule has 0 aliphatic carbocycles. The van der Waals surface area contributed by atoms with Crippen LogP contribution in [0.4, 0.5) is 0 Å². The zero-order valence-electron chi connectivity index (χ0n) is 13.3. The van der Waals surface area contributed by atoms with E-state index in [0.717, 1.165) is 24.0 Å². The molecule has 2 nitrogen and oxygen atoms in total. The summed E-state index contributed by atoms with van der Waals surface area (Å²) in [6.45, 7) is 2.22. The number of para-hydroxylation sites is 1. The Balaban J connectivity index is 2.14. The molecule has 2 aromatic carbocycles. The van der Waals surface area contributed by atoms with Gasteiger partial charge < -0.3 is 10.2 Å². The van der Waals surface area contributed by atoms with Crippen molar-refractivity contribution in [2.24, 2.45) is 0 Å². The first-order chi connectivity index (χ1) is 10.7. The fourth-order valence-electron chi connectivity index (χ4n) is 2.94. The maximum absolute atomic E-state index is 10.2. The van der Waals surface area contributed by atoms with Gasteiger partial charge in [0, 0.05) is 11.5 Å². The van der Waals surface area contributed by atoms with Crippen molar-refractivity contribution in [1.82, 2.24) is 0 Å². The molecule has 0 aliphatic rings. The Kier molecular flexibility index (Phi) is 6.32. The molecular formula is C20H26O2. The summed E-state index contributed by atoms with van der Waals surface area (Å²) >= 11 is 0. The summed E-state index contributed by atoms with van der Waals surface area (Å²) in [4.78, 5) is 0. The highest BCUT2D eigenvalue weighted by Crippen LogP contribution is 2.35. The summed E-state index contributed by atoms with van der Waals surface area (Å²) < 4.78 is 0. The number of hydrogen-bond acceptors (Lipinski definition) is 2. The highest BCUT2D eigenvalue weighted by Gasteiger charge is 2.17. The minimum Gasteiger partial charge on any atom is -0.508 e. The minimum atomic E-state index is 0.184. The van der Waals surface area contributed by atoms with Crippen molar-refractivity contribution < 1.29 is 10.2 Å². The standard InChI is InChI=1S/C20H26O2/c1-2-3-4-5-6-9-18(16-12-14-17(21)15-13-16)19-10-7-8-11-20(19)22/h7-8,10-15,18,21-22H,2-6,9H2,1H3. The largest absolute Gasteiger partial charge is 0.508 e. The summed E-state index contributed by atoms with van der Waals surface area (Å²) in [5.74, 6) is 0.820. The summed E-state index contributed by atoms with van der Waals surface area (Å²) in [5, 5.41) is 19.7. The van der Waals surface area contributed by atoms with Crippen LogP contribution >= 0.6 is 0 Å². The fourth-order valence-corrected chi connectivity index (χ4v) is 2.94. The van der Waals surface area contributed by atoms with E-state index in [-0.39, 0.29) is 11.7 Å². The van der Waals surface area contributed by atoms with Crippen LogP contribution in [0.15, 0.2) is 48.5 Å². The van der Waals surface area contributed by atoms with Gasteiger partial charge in [-0.3, -0.25) is 0 Å². The first-order valence-corrected chi connectivity index (χ1v) is 8.29. The van der Waals surface area contributed by atoms with Crippen LogP contribution in [0.1, 0.15) is 62.5 Å². The molecule has 2 heteroatoms. The molecule has 22 heavy (non-hydrogen) atoms. The maximum Gasteiger partial charge on any atom is 0.119 e. The van der Waals surface area contributed by atoms with E-state index in [0.29, 0.717) is 5.75 Å². The van der Waals surface area contributed by atoms with Gasteiger partial charge in [0.25, 0.3) is 0 Å². The van der Waals surface area contributed by atoms with E-state index < -0.39 is 0 Å². The molecule has 118 valence electrons. The van der Waals surface area contributed by atoms with Crippen LogP contribution in [0, 0.1) is 0 Å². The first-order valence-electron chi connectivity index (χ1n) is 8.29. The zero-order chi connectivity index (χ0) is 15.8. The van der Waals surface area contributed by atoms with Crippen molar-refractivity contribution in [3.8, 4) is 11.5 Å². The number of phenolic OH excluding ortho intramolecular Hbond substituents is 2. The van der Waals surface area contributed by atoms with Crippen LogP contribution in [0.25, 0.3) is 0 Å². The van der Waals surface area contributed by atoms with Gasteiger partial charge in [0.1, 0.15) is 11.5 Å². The number of rotatable bonds is 8. The molecule has 0 bridgehead atoms. The van der Waals surface area contributed by atoms with Crippen LogP contribution < -0.4 is 0 Å². The van der Waals surface area contributed by atoms with Crippen LogP contribution in [-0.4, -0.2) is 10.2 Å². The number of aromatic hydroxyl groups is 2. The highest BCUT2D eigenvalue weighted by atomic mass is 16.3. The highest BCUT2D eigenvalue weighted by molar-refractivity contribution is 5.42. The third-order valence-electron chi connectivity index (χ3n) is 4.20. The van der Waals surface area contributed by atoms with E-state index >= 15 is 0 Å². The Hall–Kier alpha value is -1.96. The summed E-state index contributed by atoms with van der Waals surface area (Å²) in [6.07, 6.45) is 7.23.